The lowest BCUT2D eigenvalue weighted by Crippen LogP contribution is -2.34. The number of hydrogen-bond donors (Lipinski definition) is 1. The van der Waals surface area contributed by atoms with Crippen LogP contribution in [0, 0.1) is 5.92 Å². The van der Waals surface area contributed by atoms with E-state index < -0.39 is 0 Å². The van der Waals surface area contributed by atoms with Gasteiger partial charge in [0.05, 0.1) is 5.69 Å². The highest BCUT2D eigenvalue weighted by Crippen LogP contribution is 2.21. The lowest BCUT2D eigenvalue weighted by molar-refractivity contribution is 0.189. The van der Waals surface area contributed by atoms with E-state index in [4.69, 9.17) is 0 Å². The molecule has 1 aliphatic rings. The molecule has 0 radical (unpaired) electrons. The summed E-state index contributed by atoms with van der Waals surface area (Å²) in [5, 5.41) is 0.955. The number of rotatable bonds is 5. The van der Waals surface area contributed by atoms with E-state index in [-0.39, 0.29) is 5.69 Å². The van der Waals surface area contributed by atoms with Crippen molar-refractivity contribution in [3.63, 3.8) is 0 Å². The third kappa shape index (κ3) is 3.80. The molecule has 0 aliphatic carbocycles. The molecular weight excluding hydrogens is 348 g/mol. The Balaban J connectivity index is 1.55. The fraction of sp³-hybridized carbons (Fsp3) is 0.391. The van der Waals surface area contributed by atoms with Gasteiger partial charge in [0.15, 0.2) is 0 Å². The summed E-state index contributed by atoms with van der Waals surface area (Å²) in [6.07, 6.45) is 6.43. The molecule has 1 saturated heterocycles. The fourth-order valence-corrected chi connectivity index (χ4v) is 3.96. The monoisotopic (exact) mass is 376 g/mol. The van der Waals surface area contributed by atoms with Gasteiger partial charge in [0, 0.05) is 30.4 Å². The predicted octanol–water partition coefficient (Wildman–Crippen LogP) is 4.24. The van der Waals surface area contributed by atoms with Gasteiger partial charge < -0.3 is 4.98 Å². The summed E-state index contributed by atoms with van der Waals surface area (Å²) in [5.41, 5.74) is 3.59. The average Bonchev–Trinajstić information content (AvgIpc) is 3.11. The molecule has 28 heavy (non-hydrogen) atoms. The summed E-state index contributed by atoms with van der Waals surface area (Å²) in [5.74, 6) is 0.967. The first-order chi connectivity index (χ1) is 13.5. The zero-order valence-corrected chi connectivity index (χ0v) is 16.7. The molecular formula is C23H28N4O. The molecule has 1 N–H and O–H groups in total. The van der Waals surface area contributed by atoms with Gasteiger partial charge in [-0.05, 0) is 55.0 Å². The van der Waals surface area contributed by atoms with Crippen LogP contribution in [0.25, 0.3) is 16.7 Å². The number of likely N-dealkylation sites (tertiary alicyclic amines) is 1. The largest absolute Gasteiger partial charge is 0.354 e. The smallest absolute Gasteiger partial charge is 0.343 e. The minimum absolute atomic E-state index is 0.262. The zero-order chi connectivity index (χ0) is 19.7. The summed E-state index contributed by atoms with van der Waals surface area (Å²) in [6.45, 7) is 11.3. The molecule has 1 aliphatic heterocycles. The molecule has 1 atom stereocenters. The van der Waals surface area contributed by atoms with Crippen LogP contribution >= 0.6 is 0 Å². The molecule has 5 nitrogen and oxygen atoms in total. The summed E-state index contributed by atoms with van der Waals surface area (Å²) >= 11 is 0. The second kappa shape index (κ2) is 7.76. The molecule has 0 amide bonds. The van der Waals surface area contributed by atoms with E-state index in [1.807, 2.05) is 18.3 Å². The van der Waals surface area contributed by atoms with Crippen molar-refractivity contribution >= 4 is 11.0 Å². The van der Waals surface area contributed by atoms with Gasteiger partial charge >= 0.3 is 5.69 Å². The molecule has 1 aromatic carbocycles. The molecule has 3 heterocycles. The maximum Gasteiger partial charge on any atom is 0.354 e. The Morgan fingerprint density at radius 3 is 2.82 bits per heavy atom. The molecule has 0 bridgehead atoms. The lowest BCUT2D eigenvalue weighted by atomic mass is 9.98. The van der Waals surface area contributed by atoms with Crippen molar-refractivity contribution in [2.24, 2.45) is 5.92 Å². The predicted molar refractivity (Wildman–Crippen MR) is 114 cm³/mol. The van der Waals surface area contributed by atoms with E-state index >= 15 is 0 Å². The molecule has 0 saturated carbocycles. The van der Waals surface area contributed by atoms with Crippen LogP contribution < -0.4 is 5.69 Å². The number of aromatic amines is 1. The normalized spacial score (nSPS) is 18.0. The number of H-pyrrole nitrogens is 1. The van der Waals surface area contributed by atoms with Crippen LogP contribution in [0.2, 0.25) is 0 Å². The van der Waals surface area contributed by atoms with E-state index in [1.54, 1.807) is 4.57 Å². The summed E-state index contributed by atoms with van der Waals surface area (Å²) in [6, 6.07) is 10.3. The Bertz CT molecular complexity index is 1030. The highest BCUT2D eigenvalue weighted by molar-refractivity contribution is 5.76. The van der Waals surface area contributed by atoms with Crippen molar-refractivity contribution in [2.45, 2.75) is 39.2 Å². The van der Waals surface area contributed by atoms with Gasteiger partial charge in [-0.1, -0.05) is 32.1 Å². The Hall–Kier alpha value is -2.66. The Morgan fingerprint density at radius 2 is 2.11 bits per heavy atom. The number of nitrogens with zero attached hydrogens (tertiary/aromatic N) is 3. The summed E-state index contributed by atoms with van der Waals surface area (Å²) < 4.78 is 1.62. The van der Waals surface area contributed by atoms with Crippen molar-refractivity contribution < 1.29 is 0 Å². The highest BCUT2D eigenvalue weighted by atomic mass is 16.1. The maximum absolute atomic E-state index is 12.5. The summed E-state index contributed by atoms with van der Waals surface area (Å²) in [7, 11) is 0. The van der Waals surface area contributed by atoms with E-state index in [0.29, 0.717) is 17.5 Å². The van der Waals surface area contributed by atoms with Crippen LogP contribution in [0.15, 0.2) is 54.0 Å². The van der Waals surface area contributed by atoms with Gasteiger partial charge in [0.1, 0.15) is 5.65 Å². The van der Waals surface area contributed by atoms with Crippen molar-refractivity contribution in [2.75, 3.05) is 13.1 Å². The average molecular weight is 377 g/mol. The quantitative estimate of drug-likeness (QED) is 0.678. The number of hydrogen-bond acceptors (Lipinski definition) is 3. The number of piperidine rings is 1. The van der Waals surface area contributed by atoms with E-state index in [9.17, 15) is 4.79 Å². The fourth-order valence-electron chi connectivity index (χ4n) is 3.96. The first-order valence-corrected chi connectivity index (χ1v) is 10.1. The molecule has 0 unspecified atom stereocenters. The van der Waals surface area contributed by atoms with Gasteiger partial charge in [0.25, 0.3) is 0 Å². The van der Waals surface area contributed by atoms with Crippen LogP contribution in [-0.4, -0.2) is 32.5 Å². The van der Waals surface area contributed by atoms with Crippen LogP contribution in [0.5, 0.6) is 0 Å². The second-order valence-electron chi connectivity index (χ2n) is 8.12. The van der Waals surface area contributed by atoms with Crippen LogP contribution in [0.1, 0.15) is 43.9 Å². The van der Waals surface area contributed by atoms with Gasteiger partial charge in [-0.2, -0.15) is 4.98 Å². The Morgan fingerprint density at radius 1 is 1.32 bits per heavy atom. The Labute approximate surface area is 165 Å². The highest BCUT2D eigenvalue weighted by Gasteiger charge is 2.17. The lowest BCUT2D eigenvalue weighted by Gasteiger charge is -2.31. The van der Waals surface area contributed by atoms with E-state index in [1.165, 1.54) is 18.4 Å². The van der Waals surface area contributed by atoms with Crippen molar-refractivity contribution in [1.82, 2.24) is 19.4 Å². The van der Waals surface area contributed by atoms with Gasteiger partial charge in [-0.15, -0.1) is 6.58 Å². The molecule has 0 spiro atoms. The minimum Gasteiger partial charge on any atom is -0.343 e. The third-order valence-electron chi connectivity index (χ3n) is 5.65. The van der Waals surface area contributed by atoms with Crippen molar-refractivity contribution in [1.29, 1.82) is 0 Å². The van der Waals surface area contributed by atoms with Crippen LogP contribution in [0.4, 0.5) is 0 Å². The molecule has 146 valence electrons. The van der Waals surface area contributed by atoms with Crippen LogP contribution in [-0.2, 0) is 6.54 Å². The number of nitrogens with one attached hydrogen (secondary N) is 1. The second-order valence-corrected chi connectivity index (χ2v) is 8.12. The van der Waals surface area contributed by atoms with Gasteiger partial charge in [-0.25, -0.2) is 4.79 Å². The molecule has 3 aromatic rings. The summed E-state index contributed by atoms with van der Waals surface area (Å²) in [4.78, 5) is 22.4. The van der Waals surface area contributed by atoms with Crippen molar-refractivity contribution in [3.8, 4) is 5.69 Å². The van der Waals surface area contributed by atoms with E-state index in [0.717, 1.165) is 36.4 Å². The van der Waals surface area contributed by atoms with E-state index in [2.05, 4.69) is 59.6 Å². The third-order valence-corrected chi connectivity index (χ3v) is 5.65. The standard InChI is InChI=1S/C23H28N4O/c1-4-17-6-5-11-26(13-17)14-18-7-9-20(10-8-18)27-15-19-12-21(16(2)3)24-22(19)25-23(27)28/h4,7-10,12,15-17H,1,5-6,11,13-14H2,2-3H3,(H,24,25,28)/t17-/m0/s1. The maximum atomic E-state index is 12.5. The number of benzene rings is 1. The number of fused-ring (bicyclic) bond motifs is 1. The zero-order valence-electron chi connectivity index (χ0n) is 16.7. The SMILES string of the molecule is C=C[C@H]1CCCN(Cc2ccc(-n3cc4cc(C(C)C)[nH]c4nc3=O)cc2)C1. The molecule has 4 rings (SSSR count). The number of aromatic nitrogens is 3. The Kier molecular flexibility index (Phi) is 5.18. The van der Waals surface area contributed by atoms with Crippen molar-refractivity contribution in [3.05, 3.63) is 70.9 Å². The molecule has 1 fully saturated rings. The van der Waals surface area contributed by atoms with Gasteiger partial charge in [-0.3, -0.25) is 9.47 Å². The molecule has 2 aromatic heterocycles. The topological polar surface area (TPSA) is 53.9 Å². The first kappa shape index (κ1) is 18.7. The first-order valence-electron chi connectivity index (χ1n) is 10.1. The van der Waals surface area contributed by atoms with Crippen LogP contribution in [0.3, 0.4) is 0 Å². The molecule has 5 heteroatoms. The minimum atomic E-state index is -0.262. The van der Waals surface area contributed by atoms with Gasteiger partial charge in [0.2, 0.25) is 0 Å².